The molecule has 1 N–H and O–H groups in total. The van der Waals surface area contributed by atoms with Crippen LogP contribution in [0.3, 0.4) is 0 Å². The molecule has 4 rings (SSSR count). The summed E-state index contributed by atoms with van der Waals surface area (Å²) in [6.07, 6.45) is 1.67. The van der Waals surface area contributed by atoms with Crippen molar-refractivity contribution < 1.29 is 14.4 Å². The number of hydrogen-bond donors (Lipinski definition) is 1. The number of carbonyl (C=O) groups is 3. The Morgan fingerprint density at radius 2 is 2.07 bits per heavy atom. The van der Waals surface area contributed by atoms with Crippen molar-refractivity contribution in [3.05, 3.63) is 68.2 Å². The van der Waals surface area contributed by atoms with Crippen molar-refractivity contribution in [3.63, 3.8) is 0 Å². The fourth-order valence-corrected chi connectivity index (χ4v) is 4.58. The molecule has 9 heteroatoms. The molecule has 27 heavy (non-hydrogen) atoms. The lowest BCUT2D eigenvalue weighted by molar-refractivity contribution is -0.128. The zero-order valence-corrected chi connectivity index (χ0v) is 16.1. The summed E-state index contributed by atoms with van der Waals surface area (Å²) in [6.45, 7) is 0. The molecule has 1 aromatic carbocycles. The lowest BCUT2D eigenvalue weighted by atomic mass is 10.0. The highest BCUT2D eigenvalue weighted by molar-refractivity contribution is 8.18. The molecule has 136 valence electrons. The van der Waals surface area contributed by atoms with Gasteiger partial charge in [0.2, 0.25) is 0 Å². The van der Waals surface area contributed by atoms with Gasteiger partial charge in [0.25, 0.3) is 17.1 Å². The zero-order chi connectivity index (χ0) is 19.0. The number of carbonyl (C=O) groups excluding carboxylic acids is 3. The molecule has 0 spiro atoms. The molecule has 1 aromatic heterocycles. The largest absolute Gasteiger partial charge is 0.290 e. The Labute approximate surface area is 167 Å². The number of rotatable bonds is 3. The maximum Gasteiger partial charge on any atom is 0.290 e. The lowest BCUT2D eigenvalue weighted by Crippen LogP contribution is -2.25. The molecule has 2 aliphatic heterocycles. The zero-order valence-electron chi connectivity index (χ0n) is 13.7. The predicted octanol–water partition coefficient (Wildman–Crippen LogP) is 3.95. The number of hydrazone groups is 1. The van der Waals surface area contributed by atoms with Crippen LogP contribution in [0.5, 0.6) is 0 Å². The second kappa shape index (κ2) is 7.30. The molecule has 0 aliphatic carbocycles. The Hall–Kier alpha value is -2.42. The normalized spacial score (nSPS) is 20.9. The van der Waals surface area contributed by atoms with Gasteiger partial charge in [-0.3, -0.25) is 19.7 Å². The molecule has 2 aliphatic rings. The van der Waals surface area contributed by atoms with E-state index in [2.05, 4.69) is 10.4 Å². The van der Waals surface area contributed by atoms with E-state index in [0.717, 1.165) is 16.5 Å². The summed E-state index contributed by atoms with van der Waals surface area (Å²) in [4.78, 5) is 36.9. The Kier molecular flexibility index (Phi) is 4.86. The van der Waals surface area contributed by atoms with Gasteiger partial charge in [0, 0.05) is 28.0 Å². The molecule has 3 amide bonds. The van der Waals surface area contributed by atoms with E-state index >= 15 is 0 Å². The van der Waals surface area contributed by atoms with E-state index in [0.29, 0.717) is 28.9 Å². The van der Waals surface area contributed by atoms with Crippen LogP contribution in [0.4, 0.5) is 4.79 Å². The molecular weight excluding hydrogens is 406 g/mol. The molecule has 0 radical (unpaired) electrons. The van der Waals surface area contributed by atoms with Crippen LogP contribution in [0.2, 0.25) is 5.02 Å². The number of hydrogen-bond acceptors (Lipinski definition) is 6. The number of amides is 3. The minimum atomic E-state index is -0.569. The van der Waals surface area contributed by atoms with E-state index in [1.807, 2.05) is 35.7 Å². The summed E-state index contributed by atoms with van der Waals surface area (Å²) in [5.41, 5.74) is 1.47. The minimum absolute atomic E-state index is 0.0660. The third-order valence-electron chi connectivity index (χ3n) is 4.09. The maximum absolute atomic E-state index is 12.8. The summed E-state index contributed by atoms with van der Waals surface area (Å²) < 4.78 is 0. The summed E-state index contributed by atoms with van der Waals surface area (Å²) >= 11 is 8.52. The topological polar surface area (TPSA) is 78.8 Å². The first kappa shape index (κ1) is 18.0. The molecule has 2 aromatic rings. The van der Waals surface area contributed by atoms with Crippen LogP contribution < -0.4 is 5.32 Å². The van der Waals surface area contributed by atoms with Gasteiger partial charge in [0.15, 0.2) is 0 Å². The highest BCUT2D eigenvalue weighted by Gasteiger charge is 2.35. The van der Waals surface area contributed by atoms with Gasteiger partial charge in [-0.25, -0.2) is 5.01 Å². The van der Waals surface area contributed by atoms with Gasteiger partial charge < -0.3 is 0 Å². The summed E-state index contributed by atoms with van der Waals surface area (Å²) in [6, 6.07) is 10.9. The number of thioether (sulfide) groups is 1. The van der Waals surface area contributed by atoms with Crippen LogP contribution in [-0.2, 0) is 9.59 Å². The van der Waals surface area contributed by atoms with Gasteiger partial charge in [-0.1, -0.05) is 35.9 Å². The second-order valence-electron chi connectivity index (χ2n) is 5.80. The molecule has 1 unspecified atom stereocenters. The molecule has 6 nitrogen and oxygen atoms in total. The number of nitrogens with one attached hydrogen (secondary N) is 1. The van der Waals surface area contributed by atoms with Crippen LogP contribution in [-0.4, -0.2) is 27.8 Å². The fourth-order valence-electron chi connectivity index (χ4n) is 2.87. The van der Waals surface area contributed by atoms with Gasteiger partial charge in [-0.05, 0) is 29.3 Å². The fraction of sp³-hybridized carbons (Fsp3) is 0.111. The third kappa shape index (κ3) is 3.55. The van der Waals surface area contributed by atoms with Crippen LogP contribution in [0.1, 0.15) is 22.9 Å². The van der Waals surface area contributed by atoms with Gasteiger partial charge >= 0.3 is 0 Å². The number of nitrogens with zero attached hydrogens (tertiary/aromatic N) is 2. The number of benzene rings is 1. The Balaban J connectivity index is 1.69. The molecule has 0 saturated carbocycles. The highest BCUT2D eigenvalue weighted by Crippen LogP contribution is 2.37. The summed E-state index contributed by atoms with van der Waals surface area (Å²) in [5.74, 6) is -1.02. The minimum Gasteiger partial charge on any atom is -0.282 e. The second-order valence-corrected chi connectivity index (χ2v) is 8.20. The van der Waals surface area contributed by atoms with Crippen LogP contribution >= 0.6 is 34.7 Å². The van der Waals surface area contributed by atoms with Crippen LogP contribution in [0.25, 0.3) is 0 Å². The number of halogens is 1. The first-order valence-corrected chi connectivity index (χ1v) is 10.0. The van der Waals surface area contributed by atoms with Gasteiger partial charge in [-0.2, -0.15) is 5.10 Å². The summed E-state index contributed by atoms with van der Waals surface area (Å²) in [5, 5.41) is 9.99. The van der Waals surface area contributed by atoms with Crippen molar-refractivity contribution in [1.29, 1.82) is 0 Å². The molecular formula is C18H12ClN3O3S2. The number of imide groups is 1. The Morgan fingerprint density at radius 1 is 1.26 bits per heavy atom. The van der Waals surface area contributed by atoms with Crippen molar-refractivity contribution in [2.45, 2.75) is 12.5 Å². The van der Waals surface area contributed by atoms with Crippen LogP contribution in [0, 0.1) is 0 Å². The SMILES string of the molecule is O=C1NC(=O)/C(=C/C(=O)N2N=C(c3ccccc3Cl)CC2c2cccs2)S1. The third-order valence-corrected chi connectivity index (χ3v) is 6.20. The quantitative estimate of drug-likeness (QED) is 0.767. The number of thiophene rings is 1. The Morgan fingerprint density at radius 3 is 2.74 bits per heavy atom. The molecule has 1 fully saturated rings. The van der Waals surface area contributed by atoms with Gasteiger partial charge in [0.05, 0.1) is 16.7 Å². The van der Waals surface area contributed by atoms with E-state index in [9.17, 15) is 14.4 Å². The highest BCUT2D eigenvalue weighted by atomic mass is 35.5. The van der Waals surface area contributed by atoms with E-state index in [4.69, 9.17) is 11.6 Å². The Bertz CT molecular complexity index is 1000. The van der Waals surface area contributed by atoms with Gasteiger partial charge in [0.1, 0.15) is 0 Å². The average molecular weight is 418 g/mol. The molecule has 1 saturated heterocycles. The van der Waals surface area contributed by atoms with Crippen molar-refractivity contribution in [1.82, 2.24) is 10.3 Å². The van der Waals surface area contributed by atoms with Crippen molar-refractivity contribution >= 4 is 57.5 Å². The van der Waals surface area contributed by atoms with Gasteiger partial charge in [-0.15, -0.1) is 11.3 Å². The van der Waals surface area contributed by atoms with E-state index < -0.39 is 17.1 Å². The lowest BCUT2D eigenvalue weighted by Gasteiger charge is -2.19. The van der Waals surface area contributed by atoms with E-state index in [-0.39, 0.29) is 10.9 Å². The van der Waals surface area contributed by atoms with Crippen molar-refractivity contribution in [2.24, 2.45) is 5.10 Å². The monoisotopic (exact) mass is 417 g/mol. The molecule has 0 bridgehead atoms. The average Bonchev–Trinajstić information content (AvgIpc) is 3.35. The standard InChI is InChI=1S/C18H12ClN3O3S2/c19-11-5-2-1-4-10(11)12-8-13(14-6-3-7-26-14)22(21-12)16(23)9-15-17(24)20-18(25)27-15/h1-7,9,13H,8H2,(H,20,24,25)/b15-9-. The summed E-state index contributed by atoms with van der Waals surface area (Å²) in [7, 11) is 0. The van der Waals surface area contributed by atoms with Crippen LogP contribution in [0.15, 0.2) is 57.9 Å². The predicted molar refractivity (Wildman–Crippen MR) is 106 cm³/mol. The maximum atomic E-state index is 12.8. The smallest absolute Gasteiger partial charge is 0.282 e. The first-order valence-electron chi connectivity index (χ1n) is 7.97. The molecule has 3 heterocycles. The van der Waals surface area contributed by atoms with Crippen molar-refractivity contribution in [2.75, 3.05) is 0 Å². The molecule has 1 atom stereocenters. The van der Waals surface area contributed by atoms with Crippen molar-refractivity contribution in [3.8, 4) is 0 Å². The first-order chi connectivity index (χ1) is 13.0. The van der Waals surface area contributed by atoms with E-state index in [1.54, 1.807) is 6.07 Å². The van der Waals surface area contributed by atoms with E-state index in [1.165, 1.54) is 16.3 Å².